The predicted molar refractivity (Wildman–Crippen MR) is 71.3 cm³/mol. The van der Waals surface area contributed by atoms with Crippen LogP contribution < -0.4 is 10.5 Å². The minimum absolute atomic E-state index is 0.0666. The minimum atomic E-state index is -0.0666. The van der Waals surface area contributed by atoms with Crippen LogP contribution in [0.15, 0.2) is 17.4 Å². The normalized spacial score (nSPS) is 12.6. The van der Waals surface area contributed by atoms with E-state index in [4.69, 9.17) is 27.3 Å². The number of rotatable bonds is 4. The fourth-order valence-corrected chi connectivity index (χ4v) is 1.49. The lowest BCUT2D eigenvalue weighted by molar-refractivity contribution is 0.236. The van der Waals surface area contributed by atoms with E-state index in [-0.39, 0.29) is 16.3 Å². The van der Waals surface area contributed by atoms with Crippen molar-refractivity contribution in [3.8, 4) is 5.88 Å². The molecule has 0 saturated carbocycles. The van der Waals surface area contributed by atoms with Gasteiger partial charge in [0, 0.05) is 11.8 Å². The van der Waals surface area contributed by atoms with Gasteiger partial charge >= 0.3 is 0 Å². The number of aromatic nitrogens is 1. The smallest absolute Gasteiger partial charge is 0.233 e. The Kier molecular flexibility index (Phi) is 4.78. The van der Waals surface area contributed by atoms with E-state index in [2.05, 4.69) is 30.9 Å². The average Bonchev–Trinajstić information content (AvgIpc) is 2.29. The molecule has 0 saturated heterocycles. The fraction of sp³-hybridized carbons (Fsp3) is 0.500. The van der Waals surface area contributed by atoms with Crippen LogP contribution in [-0.2, 0) is 0 Å². The van der Waals surface area contributed by atoms with Gasteiger partial charge in [0.1, 0.15) is 5.02 Å². The topological polar surface area (TPSA) is 80.7 Å². The molecule has 18 heavy (non-hydrogen) atoms. The van der Waals surface area contributed by atoms with Crippen LogP contribution in [0, 0.1) is 5.41 Å². The zero-order chi connectivity index (χ0) is 13.8. The zero-order valence-electron chi connectivity index (χ0n) is 10.8. The molecule has 0 atom stereocenters. The summed E-state index contributed by atoms with van der Waals surface area (Å²) in [7, 11) is 0. The van der Waals surface area contributed by atoms with Gasteiger partial charge in [-0.3, -0.25) is 0 Å². The SMILES string of the molecule is CC(C)(C)CCOc1nccc(/C(N)=N/O)c1Cl. The van der Waals surface area contributed by atoms with E-state index in [0.29, 0.717) is 18.1 Å². The average molecular weight is 272 g/mol. The Morgan fingerprint density at radius 1 is 1.56 bits per heavy atom. The quantitative estimate of drug-likeness (QED) is 0.382. The van der Waals surface area contributed by atoms with Gasteiger partial charge in [-0.25, -0.2) is 4.98 Å². The lowest BCUT2D eigenvalue weighted by atomic mass is 9.93. The molecule has 0 unspecified atom stereocenters. The van der Waals surface area contributed by atoms with Crippen molar-refractivity contribution >= 4 is 17.4 Å². The van der Waals surface area contributed by atoms with Gasteiger partial charge in [0.05, 0.1) is 6.61 Å². The molecule has 0 aliphatic rings. The second kappa shape index (κ2) is 5.91. The van der Waals surface area contributed by atoms with Gasteiger partial charge in [-0.15, -0.1) is 0 Å². The first-order valence-corrected chi connectivity index (χ1v) is 5.98. The molecule has 100 valence electrons. The molecule has 1 aromatic rings. The van der Waals surface area contributed by atoms with Crippen LogP contribution in [0.5, 0.6) is 5.88 Å². The maximum atomic E-state index is 8.63. The first-order chi connectivity index (χ1) is 8.35. The van der Waals surface area contributed by atoms with Crippen molar-refractivity contribution in [2.24, 2.45) is 16.3 Å². The van der Waals surface area contributed by atoms with E-state index in [9.17, 15) is 0 Å². The lowest BCUT2D eigenvalue weighted by Crippen LogP contribution is -2.15. The van der Waals surface area contributed by atoms with E-state index < -0.39 is 0 Å². The molecule has 0 fully saturated rings. The molecule has 0 aliphatic heterocycles. The van der Waals surface area contributed by atoms with Gasteiger partial charge in [0.25, 0.3) is 0 Å². The molecule has 1 aromatic heterocycles. The Bertz CT molecular complexity index is 441. The molecule has 0 radical (unpaired) electrons. The summed E-state index contributed by atoms with van der Waals surface area (Å²) in [6, 6.07) is 1.56. The molecule has 0 amide bonds. The van der Waals surface area contributed by atoms with Gasteiger partial charge < -0.3 is 15.7 Å². The number of amidine groups is 1. The summed E-state index contributed by atoms with van der Waals surface area (Å²) in [6.07, 6.45) is 2.38. The van der Waals surface area contributed by atoms with Gasteiger partial charge in [-0.2, -0.15) is 0 Å². The molecule has 6 heteroatoms. The van der Waals surface area contributed by atoms with Gasteiger partial charge in [-0.1, -0.05) is 37.5 Å². The van der Waals surface area contributed by atoms with Crippen LogP contribution in [0.3, 0.4) is 0 Å². The molecule has 0 bridgehead atoms. The number of hydrogen-bond donors (Lipinski definition) is 2. The maximum absolute atomic E-state index is 8.63. The van der Waals surface area contributed by atoms with Crippen molar-refractivity contribution in [1.82, 2.24) is 4.98 Å². The number of nitrogens with zero attached hydrogens (tertiary/aromatic N) is 2. The summed E-state index contributed by atoms with van der Waals surface area (Å²) in [4.78, 5) is 4.03. The van der Waals surface area contributed by atoms with E-state index >= 15 is 0 Å². The van der Waals surface area contributed by atoms with Crippen LogP contribution in [-0.4, -0.2) is 22.6 Å². The lowest BCUT2D eigenvalue weighted by Gasteiger charge is -2.18. The first-order valence-electron chi connectivity index (χ1n) is 5.60. The van der Waals surface area contributed by atoms with E-state index in [1.54, 1.807) is 6.07 Å². The molecule has 5 nitrogen and oxygen atoms in total. The predicted octanol–water partition coefficient (Wildman–Crippen LogP) is 2.64. The largest absolute Gasteiger partial charge is 0.477 e. The third-order valence-electron chi connectivity index (χ3n) is 2.33. The van der Waals surface area contributed by atoms with Crippen molar-refractivity contribution in [2.75, 3.05) is 6.61 Å². The molecule has 3 N–H and O–H groups in total. The molecular formula is C12H18ClN3O2. The van der Waals surface area contributed by atoms with E-state index in [1.807, 2.05) is 0 Å². The summed E-state index contributed by atoms with van der Waals surface area (Å²) in [5.74, 6) is 0.230. The number of halogens is 1. The molecular weight excluding hydrogens is 254 g/mol. The number of nitrogens with two attached hydrogens (primary N) is 1. The van der Waals surface area contributed by atoms with Crippen molar-refractivity contribution in [2.45, 2.75) is 27.2 Å². The Hall–Kier alpha value is -1.49. The third-order valence-corrected chi connectivity index (χ3v) is 2.70. The minimum Gasteiger partial charge on any atom is -0.477 e. The standard InChI is InChI=1S/C12H18ClN3O2/c1-12(2,3)5-7-18-11-9(13)8(4-6-15-11)10(14)16-17/h4,6,17H,5,7H2,1-3H3,(H2,14,16). The zero-order valence-corrected chi connectivity index (χ0v) is 11.5. The van der Waals surface area contributed by atoms with Crippen molar-refractivity contribution in [3.05, 3.63) is 22.8 Å². The molecule has 1 rings (SSSR count). The Morgan fingerprint density at radius 2 is 2.22 bits per heavy atom. The summed E-state index contributed by atoms with van der Waals surface area (Å²) >= 11 is 6.07. The van der Waals surface area contributed by atoms with Crippen LogP contribution in [0.1, 0.15) is 32.8 Å². The monoisotopic (exact) mass is 271 g/mol. The number of hydrogen-bond acceptors (Lipinski definition) is 4. The summed E-state index contributed by atoms with van der Waals surface area (Å²) < 4.78 is 5.51. The number of pyridine rings is 1. The van der Waals surface area contributed by atoms with Crippen molar-refractivity contribution in [1.29, 1.82) is 0 Å². The third kappa shape index (κ3) is 4.07. The highest BCUT2D eigenvalue weighted by molar-refractivity contribution is 6.35. The Morgan fingerprint density at radius 3 is 2.78 bits per heavy atom. The second-order valence-electron chi connectivity index (χ2n) is 5.12. The Labute approximate surface area is 112 Å². The van der Waals surface area contributed by atoms with Crippen LogP contribution in [0.25, 0.3) is 0 Å². The molecule has 0 aromatic carbocycles. The van der Waals surface area contributed by atoms with Crippen LogP contribution in [0.4, 0.5) is 0 Å². The maximum Gasteiger partial charge on any atom is 0.233 e. The van der Waals surface area contributed by atoms with Crippen LogP contribution in [0.2, 0.25) is 5.02 Å². The second-order valence-corrected chi connectivity index (χ2v) is 5.50. The number of ether oxygens (including phenoxy) is 1. The summed E-state index contributed by atoms with van der Waals surface area (Å²) in [5.41, 5.74) is 6.07. The molecule has 0 aliphatic carbocycles. The summed E-state index contributed by atoms with van der Waals surface area (Å²) in [6.45, 7) is 6.88. The highest BCUT2D eigenvalue weighted by Gasteiger charge is 2.14. The van der Waals surface area contributed by atoms with Gasteiger partial charge in [-0.05, 0) is 17.9 Å². The van der Waals surface area contributed by atoms with Gasteiger partial charge in [0.15, 0.2) is 5.84 Å². The molecule has 1 heterocycles. The van der Waals surface area contributed by atoms with Crippen molar-refractivity contribution in [3.63, 3.8) is 0 Å². The van der Waals surface area contributed by atoms with Crippen LogP contribution >= 0.6 is 11.6 Å². The highest BCUT2D eigenvalue weighted by Crippen LogP contribution is 2.26. The number of oxime groups is 1. The Balaban J connectivity index is 2.79. The van der Waals surface area contributed by atoms with Gasteiger partial charge in [0.2, 0.25) is 5.88 Å². The van der Waals surface area contributed by atoms with E-state index in [0.717, 1.165) is 6.42 Å². The fourth-order valence-electron chi connectivity index (χ4n) is 1.23. The van der Waals surface area contributed by atoms with Crippen molar-refractivity contribution < 1.29 is 9.94 Å². The molecule has 0 spiro atoms. The highest BCUT2D eigenvalue weighted by atomic mass is 35.5. The first kappa shape index (κ1) is 14.6. The van der Waals surface area contributed by atoms with E-state index in [1.165, 1.54) is 6.20 Å². The summed E-state index contributed by atoms with van der Waals surface area (Å²) in [5, 5.41) is 11.8.